The Morgan fingerprint density at radius 1 is 1.42 bits per heavy atom. The maximum atomic E-state index is 12.1. The van der Waals surface area contributed by atoms with Crippen molar-refractivity contribution in [2.45, 2.75) is 13.5 Å². The van der Waals surface area contributed by atoms with Crippen LogP contribution in [0.25, 0.3) is 11.7 Å². The maximum Gasteiger partial charge on any atom is 0.244 e. The van der Waals surface area contributed by atoms with Crippen LogP contribution in [-0.2, 0) is 11.3 Å². The Morgan fingerprint density at radius 3 is 3.15 bits per heavy atom. The van der Waals surface area contributed by atoms with Crippen molar-refractivity contribution in [2.24, 2.45) is 0 Å². The normalized spacial score (nSPS) is 12.8. The summed E-state index contributed by atoms with van der Waals surface area (Å²) >= 11 is 6.13. The van der Waals surface area contributed by atoms with Gasteiger partial charge in [0.1, 0.15) is 5.65 Å². The first kappa shape index (κ1) is 16.5. The van der Waals surface area contributed by atoms with E-state index in [-0.39, 0.29) is 12.7 Å². The maximum absolute atomic E-state index is 12.1. The van der Waals surface area contributed by atoms with E-state index in [1.165, 1.54) is 6.08 Å². The van der Waals surface area contributed by atoms with Gasteiger partial charge in [0.15, 0.2) is 11.5 Å². The van der Waals surface area contributed by atoms with Crippen LogP contribution >= 0.6 is 11.6 Å². The molecule has 0 atom stereocenters. The second-order valence-electron chi connectivity index (χ2n) is 5.94. The molecule has 26 heavy (non-hydrogen) atoms. The van der Waals surface area contributed by atoms with Crippen LogP contribution in [0.4, 0.5) is 0 Å². The van der Waals surface area contributed by atoms with E-state index in [2.05, 4.69) is 10.3 Å². The van der Waals surface area contributed by atoms with Crippen molar-refractivity contribution in [1.29, 1.82) is 0 Å². The van der Waals surface area contributed by atoms with Crippen molar-refractivity contribution in [3.05, 3.63) is 64.6 Å². The summed E-state index contributed by atoms with van der Waals surface area (Å²) in [5.41, 5.74) is 3.54. The fraction of sp³-hybridized carbons (Fsp3) is 0.158. The van der Waals surface area contributed by atoms with Crippen LogP contribution in [0.3, 0.4) is 0 Å². The number of aromatic nitrogens is 2. The lowest BCUT2D eigenvalue weighted by Gasteiger charge is -2.01. The lowest BCUT2D eigenvalue weighted by Crippen LogP contribution is -2.20. The average molecular weight is 370 g/mol. The number of carbonyl (C=O) groups is 1. The smallest absolute Gasteiger partial charge is 0.244 e. The van der Waals surface area contributed by atoms with Gasteiger partial charge in [0.25, 0.3) is 0 Å². The lowest BCUT2D eigenvalue weighted by molar-refractivity contribution is -0.116. The SMILES string of the molecule is Cc1cccn2cc(CNC(=O)C=Cc3cc(Cl)c4c(c3)OCO4)nc12. The molecule has 0 saturated carbocycles. The number of nitrogens with one attached hydrogen (secondary N) is 1. The van der Waals surface area contributed by atoms with Gasteiger partial charge in [-0.3, -0.25) is 4.79 Å². The number of hydrogen-bond donors (Lipinski definition) is 1. The number of halogens is 1. The molecule has 4 rings (SSSR count). The molecule has 3 aromatic rings. The zero-order chi connectivity index (χ0) is 18.1. The van der Waals surface area contributed by atoms with Crippen LogP contribution < -0.4 is 14.8 Å². The highest BCUT2D eigenvalue weighted by atomic mass is 35.5. The summed E-state index contributed by atoms with van der Waals surface area (Å²) in [5, 5.41) is 3.28. The second-order valence-corrected chi connectivity index (χ2v) is 6.35. The molecule has 0 radical (unpaired) electrons. The molecule has 1 amide bonds. The number of imidazole rings is 1. The molecule has 1 aromatic carbocycles. The zero-order valence-corrected chi connectivity index (χ0v) is 14.8. The van der Waals surface area contributed by atoms with E-state index < -0.39 is 0 Å². The van der Waals surface area contributed by atoms with Crippen molar-refractivity contribution < 1.29 is 14.3 Å². The zero-order valence-electron chi connectivity index (χ0n) is 14.0. The first-order valence-corrected chi connectivity index (χ1v) is 8.46. The highest BCUT2D eigenvalue weighted by Gasteiger charge is 2.17. The third-order valence-electron chi connectivity index (χ3n) is 4.05. The van der Waals surface area contributed by atoms with Crippen molar-refractivity contribution in [3.63, 3.8) is 0 Å². The summed E-state index contributed by atoms with van der Waals surface area (Å²) in [4.78, 5) is 16.6. The van der Waals surface area contributed by atoms with Crippen molar-refractivity contribution >= 4 is 29.2 Å². The van der Waals surface area contributed by atoms with Crippen molar-refractivity contribution in [1.82, 2.24) is 14.7 Å². The quantitative estimate of drug-likeness (QED) is 0.716. The van der Waals surface area contributed by atoms with Crippen molar-refractivity contribution in [2.75, 3.05) is 6.79 Å². The molecule has 132 valence electrons. The van der Waals surface area contributed by atoms with Crippen LogP contribution in [0.5, 0.6) is 11.5 Å². The second kappa shape index (κ2) is 6.72. The molecule has 0 spiro atoms. The summed E-state index contributed by atoms with van der Waals surface area (Å²) in [7, 11) is 0. The molecule has 2 aromatic heterocycles. The molecule has 0 bridgehead atoms. The molecule has 0 fully saturated rings. The number of carbonyl (C=O) groups excluding carboxylic acids is 1. The predicted molar refractivity (Wildman–Crippen MR) is 98.4 cm³/mol. The molecule has 1 aliphatic rings. The van der Waals surface area contributed by atoms with Crippen LogP contribution in [0.15, 0.2) is 42.7 Å². The summed E-state index contributed by atoms with van der Waals surface area (Å²) in [6.07, 6.45) is 6.97. The molecule has 0 unspecified atom stereocenters. The summed E-state index contributed by atoms with van der Waals surface area (Å²) in [5.74, 6) is 0.903. The molecule has 7 heteroatoms. The molecule has 0 saturated heterocycles. The van der Waals surface area contributed by atoms with E-state index in [0.29, 0.717) is 23.1 Å². The Morgan fingerprint density at radius 2 is 2.31 bits per heavy atom. The number of rotatable bonds is 4. The summed E-state index contributed by atoms with van der Waals surface area (Å²) in [6.45, 7) is 2.51. The standard InChI is InChI=1S/C19H16ClN3O3/c1-12-3-2-6-23-10-14(22-19(12)23)9-21-17(24)5-4-13-7-15(20)18-16(8-13)25-11-26-18/h2-8,10H,9,11H2,1H3,(H,21,24). The molecule has 3 heterocycles. The van der Waals surface area contributed by atoms with E-state index >= 15 is 0 Å². The van der Waals surface area contributed by atoms with Gasteiger partial charge in [-0.25, -0.2) is 4.98 Å². The monoisotopic (exact) mass is 369 g/mol. The molecule has 1 N–H and O–H groups in total. The number of hydrogen-bond acceptors (Lipinski definition) is 4. The number of pyridine rings is 1. The average Bonchev–Trinajstić information content (AvgIpc) is 3.25. The highest BCUT2D eigenvalue weighted by Crippen LogP contribution is 2.40. The van der Waals surface area contributed by atoms with E-state index in [1.54, 1.807) is 18.2 Å². The number of fused-ring (bicyclic) bond motifs is 2. The minimum absolute atomic E-state index is 0.154. The minimum Gasteiger partial charge on any atom is -0.454 e. The van der Waals surface area contributed by atoms with Crippen LogP contribution in [0, 0.1) is 6.92 Å². The fourth-order valence-electron chi connectivity index (χ4n) is 2.78. The summed E-state index contributed by atoms with van der Waals surface area (Å²) in [6, 6.07) is 7.47. The third-order valence-corrected chi connectivity index (χ3v) is 4.33. The Labute approximate surface area is 155 Å². The molecular weight excluding hydrogens is 354 g/mol. The Balaban J connectivity index is 1.41. The Hall–Kier alpha value is -2.99. The molecule has 6 nitrogen and oxygen atoms in total. The number of nitrogens with zero attached hydrogens (tertiary/aromatic N) is 2. The van der Waals surface area contributed by atoms with Gasteiger partial charge < -0.3 is 19.2 Å². The van der Waals surface area contributed by atoms with E-state index in [1.807, 2.05) is 35.9 Å². The molecular formula is C19H16ClN3O3. The summed E-state index contributed by atoms with van der Waals surface area (Å²) < 4.78 is 12.5. The van der Waals surface area contributed by atoms with Gasteiger partial charge in [0.2, 0.25) is 12.7 Å². The van der Waals surface area contributed by atoms with Gasteiger partial charge in [-0.2, -0.15) is 0 Å². The van der Waals surface area contributed by atoms with Gasteiger partial charge in [-0.15, -0.1) is 0 Å². The number of ether oxygens (including phenoxy) is 2. The predicted octanol–water partition coefficient (Wildman–Crippen LogP) is 3.35. The molecule has 1 aliphatic heterocycles. The molecule has 0 aliphatic carbocycles. The topological polar surface area (TPSA) is 64.9 Å². The highest BCUT2D eigenvalue weighted by molar-refractivity contribution is 6.32. The fourth-order valence-corrected chi connectivity index (χ4v) is 3.06. The Bertz CT molecular complexity index is 1030. The number of benzene rings is 1. The largest absolute Gasteiger partial charge is 0.454 e. The van der Waals surface area contributed by atoms with Gasteiger partial charge in [0, 0.05) is 18.5 Å². The Kier molecular flexibility index (Phi) is 4.26. The van der Waals surface area contributed by atoms with Gasteiger partial charge >= 0.3 is 0 Å². The van der Waals surface area contributed by atoms with Crippen LogP contribution in [0.1, 0.15) is 16.8 Å². The third kappa shape index (κ3) is 3.23. The van der Waals surface area contributed by atoms with E-state index in [4.69, 9.17) is 21.1 Å². The minimum atomic E-state index is -0.215. The first-order chi connectivity index (χ1) is 12.6. The lowest BCUT2D eigenvalue weighted by atomic mass is 10.2. The van der Waals surface area contributed by atoms with Crippen LogP contribution in [-0.4, -0.2) is 22.1 Å². The van der Waals surface area contributed by atoms with Crippen molar-refractivity contribution in [3.8, 4) is 11.5 Å². The van der Waals surface area contributed by atoms with Gasteiger partial charge in [-0.05, 0) is 42.3 Å². The van der Waals surface area contributed by atoms with Gasteiger partial charge in [0.05, 0.1) is 17.3 Å². The number of aryl methyl sites for hydroxylation is 1. The van der Waals surface area contributed by atoms with Crippen LogP contribution in [0.2, 0.25) is 5.02 Å². The van der Waals surface area contributed by atoms with E-state index in [0.717, 1.165) is 22.5 Å². The van der Waals surface area contributed by atoms with E-state index in [9.17, 15) is 4.79 Å². The van der Waals surface area contributed by atoms with Gasteiger partial charge in [-0.1, -0.05) is 17.7 Å². The number of amides is 1. The first-order valence-electron chi connectivity index (χ1n) is 8.08.